The van der Waals surface area contributed by atoms with E-state index in [1.165, 1.54) is 28.7 Å². The first-order valence-corrected chi connectivity index (χ1v) is 12.0. The van der Waals surface area contributed by atoms with Gasteiger partial charge in [-0.15, -0.1) is 28.1 Å². The molecule has 1 aromatic carbocycles. The van der Waals surface area contributed by atoms with Crippen molar-refractivity contribution in [3.05, 3.63) is 72.4 Å². The zero-order chi connectivity index (χ0) is 22.3. The number of anilines is 1. The molecule has 0 saturated carbocycles. The summed E-state index contributed by atoms with van der Waals surface area (Å²) in [6.07, 6.45) is 6.20. The fraction of sp³-hybridized carbons (Fsp3) is 0.174. The fourth-order valence-electron chi connectivity index (χ4n) is 3.06. The largest absolute Gasteiger partial charge is 0.301 e. The molecule has 3 aromatic heterocycles. The summed E-state index contributed by atoms with van der Waals surface area (Å²) in [4.78, 5) is 21.1. The number of nitrogens with one attached hydrogen (secondary N) is 1. The van der Waals surface area contributed by atoms with Gasteiger partial charge in [-0.1, -0.05) is 49.0 Å². The predicted octanol–water partition coefficient (Wildman–Crippen LogP) is 4.94. The summed E-state index contributed by atoms with van der Waals surface area (Å²) in [6.45, 7) is 6.49. The van der Waals surface area contributed by atoms with Crippen molar-refractivity contribution in [2.75, 3.05) is 11.1 Å². The minimum absolute atomic E-state index is 0.143. The molecule has 1 N–H and O–H groups in total. The molecule has 0 aliphatic heterocycles. The van der Waals surface area contributed by atoms with E-state index in [1.54, 1.807) is 18.5 Å². The molecule has 3 heterocycles. The minimum Gasteiger partial charge on any atom is -0.301 e. The number of aromatic nitrogens is 5. The first-order chi connectivity index (χ1) is 15.7. The number of thiazole rings is 1. The highest BCUT2D eigenvalue weighted by Gasteiger charge is 2.15. The van der Waals surface area contributed by atoms with E-state index in [0.29, 0.717) is 22.7 Å². The standard InChI is InChI=1S/C23H22N6OS2/c1-3-13-29-21(18-9-11-24-12-10-18)27-28-23(29)32-15-20(30)26-22-25-19(14-31-22)17-7-5-16(4-2)6-8-17/h3,5-12,14H,1,4,13,15H2,2H3,(H,25,26,30). The van der Waals surface area contributed by atoms with Crippen LogP contribution >= 0.6 is 23.1 Å². The van der Waals surface area contributed by atoms with E-state index in [2.05, 4.69) is 63.3 Å². The summed E-state index contributed by atoms with van der Waals surface area (Å²) in [5.74, 6) is 0.774. The van der Waals surface area contributed by atoms with E-state index in [0.717, 1.165) is 23.2 Å². The molecule has 0 saturated heterocycles. The molecule has 0 radical (unpaired) electrons. The van der Waals surface area contributed by atoms with Crippen LogP contribution in [0.2, 0.25) is 0 Å². The number of nitrogens with zero attached hydrogens (tertiary/aromatic N) is 5. The quantitative estimate of drug-likeness (QED) is 0.280. The zero-order valence-corrected chi connectivity index (χ0v) is 19.2. The highest BCUT2D eigenvalue weighted by Crippen LogP contribution is 2.27. The Morgan fingerprint density at radius 2 is 1.94 bits per heavy atom. The second kappa shape index (κ2) is 10.3. The molecule has 0 aliphatic rings. The van der Waals surface area contributed by atoms with Crippen molar-refractivity contribution in [2.45, 2.75) is 25.0 Å². The Morgan fingerprint density at radius 3 is 2.66 bits per heavy atom. The topological polar surface area (TPSA) is 85.6 Å². The van der Waals surface area contributed by atoms with Crippen molar-refractivity contribution < 1.29 is 4.79 Å². The van der Waals surface area contributed by atoms with Crippen LogP contribution < -0.4 is 5.32 Å². The van der Waals surface area contributed by atoms with Gasteiger partial charge in [-0.25, -0.2) is 4.98 Å². The third kappa shape index (κ3) is 5.12. The van der Waals surface area contributed by atoms with Crippen LogP contribution in [0.4, 0.5) is 5.13 Å². The lowest BCUT2D eigenvalue weighted by atomic mass is 10.1. The first kappa shape index (κ1) is 21.9. The minimum atomic E-state index is -0.143. The van der Waals surface area contributed by atoms with E-state index >= 15 is 0 Å². The van der Waals surface area contributed by atoms with Gasteiger partial charge < -0.3 is 5.32 Å². The second-order valence-corrected chi connectivity index (χ2v) is 8.67. The average molecular weight is 463 g/mol. The zero-order valence-electron chi connectivity index (χ0n) is 17.6. The van der Waals surface area contributed by atoms with Gasteiger partial charge in [0.15, 0.2) is 16.1 Å². The Morgan fingerprint density at radius 1 is 1.16 bits per heavy atom. The van der Waals surface area contributed by atoms with Gasteiger partial charge in [-0.05, 0) is 24.1 Å². The Bertz CT molecular complexity index is 1200. The van der Waals surface area contributed by atoms with Crippen LogP contribution in [-0.2, 0) is 17.8 Å². The third-order valence-corrected chi connectivity index (χ3v) is 6.43. The van der Waals surface area contributed by atoms with Gasteiger partial charge in [0.05, 0.1) is 11.4 Å². The Balaban J connectivity index is 1.40. The number of aryl methyl sites for hydroxylation is 1. The summed E-state index contributed by atoms with van der Waals surface area (Å²) in [5.41, 5.74) is 4.08. The predicted molar refractivity (Wildman–Crippen MR) is 130 cm³/mol. The van der Waals surface area contributed by atoms with Crippen molar-refractivity contribution >= 4 is 34.1 Å². The van der Waals surface area contributed by atoms with Crippen LogP contribution in [0.1, 0.15) is 12.5 Å². The molecular weight excluding hydrogens is 440 g/mol. The Labute approximate surface area is 194 Å². The number of rotatable bonds is 9. The van der Waals surface area contributed by atoms with Gasteiger partial charge in [-0.3, -0.25) is 14.3 Å². The SMILES string of the molecule is C=CCn1c(SCC(=O)Nc2nc(-c3ccc(CC)cc3)cs2)nnc1-c1ccncc1. The number of hydrogen-bond donors (Lipinski definition) is 1. The lowest BCUT2D eigenvalue weighted by Crippen LogP contribution is -2.14. The third-order valence-electron chi connectivity index (χ3n) is 4.71. The molecule has 32 heavy (non-hydrogen) atoms. The molecule has 4 aromatic rings. The summed E-state index contributed by atoms with van der Waals surface area (Å²) in [6, 6.07) is 12.1. The van der Waals surface area contributed by atoms with Gasteiger partial charge in [-0.2, -0.15) is 0 Å². The van der Waals surface area contributed by atoms with Gasteiger partial charge >= 0.3 is 0 Å². The highest BCUT2D eigenvalue weighted by atomic mass is 32.2. The smallest absolute Gasteiger partial charge is 0.236 e. The Hall–Kier alpha value is -3.30. The molecule has 1 amide bonds. The highest BCUT2D eigenvalue weighted by molar-refractivity contribution is 7.99. The van der Waals surface area contributed by atoms with Crippen molar-refractivity contribution in [3.8, 4) is 22.6 Å². The number of thioether (sulfide) groups is 1. The van der Waals surface area contributed by atoms with Crippen LogP contribution in [0.25, 0.3) is 22.6 Å². The van der Waals surface area contributed by atoms with Crippen molar-refractivity contribution in [1.29, 1.82) is 0 Å². The monoisotopic (exact) mass is 462 g/mol. The molecule has 0 aliphatic carbocycles. The van der Waals surface area contributed by atoms with Crippen LogP contribution in [0, 0.1) is 0 Å². The van der Waals surface area contributed by atoms with Crippen molar-refractivity contribution in [1.82, 2.24) is 24.7 Å². The van der Waals surface area contributed by atoms with E-state index in [1.807, 2.05) is 22.1 Å². The van der Waals surface area contributed by atoms with E-state index in [-0.39, 0.29) is 11.7 Å². The molecule has 9 heteroatoms. The van der Waals surface area contributed by atoms with E-state index in [9.17, 15) is 4.79 Å². The van der Waals surface area contributed by atoms with Gasteiger partial charge in [0.25, 0.3) is 0 Å². The maximum absolute atomic E-state index is 12.5. The summed E-state index contributed by atoms with van der Waals surface area (Å²) >= 11 is 2.74. The molecule has 0 bridgehead atoms. The lowest BCUT2D eigenvalue weighted by Gasteiger charge is -2.07. The number of pyridine rings is 1. The first-order valence-electron chi connectivity index (χ1n) is 10.1. The van der Waals surface area contributed by atoms with E-state index in [4.69, 9.17) is 0 Å². The van der Waals surface area contributed by atoms with Crippen molar-refractivity contribution in [2.24, 2.45) is 0 Å². The molecule has 0 fully saturated rings. The maximum atomic E-state index is 12.5. The number of amides is 1. The van der Waals surface area contributed by atoms with E-state index < -0.39 is 0 Å². The van der Waals surface area contributed by atoms with Crippen LogP contribution in [0.15, 0.2) is 72.0 Å². The molecule has 0 spiro atoms. The molecule has 7 nitrogen and oxygen atoms in total. The maximum Gasteiger partial charge on any atom is 0.236 e. The second-order valence-electron chi connectivity index (χ2n) is 6.87. The number of hydrogen-bond acceptors (Lipinski definition) is 7. The number of benzene rings is 1. The van der Waals surface area contributed by atoms with Crippen LogP contribution in [-0.4, -0.2) is 36.4 Å². The number of carbonyl (C=O) groups excluding carboxylic acids is 1. The summed E-state index contributed by atoms with van der Waals surface area (Å²) in [5, 5.41) is 14.6. The fourth-order valence-corrected chi connectivity index (χ4v) is 4.55. The molecule has 0 atom stereocenters. The lowest BCUT2D eigenvalue weighted by molar-refractivity contribution is -0.113. The molecule has 162 valence electrons. The van der Waals surface area contributed by atoms with Crippen LogP contribution in [0.3, 0.4) is 0 Å². The normalized spacial score (nSPS) is 10.8. The van der Waals surface area contributed by atoms with Crippen LogP contribution in [0.5, 0.6) is 0 Å². The summed E-state index contributed by atoms with van der Waals surface area (Å²) in [7, 11) is 0. The van der Waals surface area contributed by atoms with Gasteiger partial charge in [0.2, 0.25) is 5.91 Å². The Kier molecular flexibility index (Phi) is 7.08. The number of carbonyl (C=O) groups is 1. The molecular formula is C23H22N6OS2. The average Bonchev–Trinajstić information content (AvgIpc) is 3.46. The summed E-state index contributed by atoms with van der Waals surface area (Å²) < 4.78 is 1.93. The molecule has 4 rings (SSSR count). The van der Waals surface area contributed by atoms with Gasteiger partial charge in [0, 0.05) is 35.4 Å². The van der Waals surface area contributed by atoms with Gasteiger partial charge in [0.1, 0.15) is 0 Å². The molecule has 0 unspecified atom stereocenters. The van der Waals surface area contributed by atoms with Crippen molar-refractivity contribution in [3.63, 3.8) is 0 Å². The number of allylic oxidation sites excluding steroid dienone is 1.